The van der Waals surface area contributed by atoms with Crippen molar-refractivity contribution in [2.24, 2.45) is 10.9 Å². The maximum absolute atomic E-state index is 12.5. The Morgan fingerprint density at radius 2 is 2.11 bits per heavy atom. The number of alkyl halides is 3. The number of rotatable bonds is 7. The number of likely N-dealkylation sites (tertiary alicyclic amines) is 1. The van der Waals surface area contributed by atoms with E-state index in [1.807, 2.05) is 13.0 Å². The highest BCUT2D eigenvalue weighted by molar-refractivity contribution is 5.79. The minimum absolute atomic E-state index is 0.242. The van der Waals surface area contributed by atoms with Crippen molar-refractivity contribution in [3.8, 4) is 5.75 Å². The van der Waals surface area contributed by atoms with Crippen LogP contribution < -0.4 is 15.4 Å². The molecule has 0 amide bonds. The average Bonchev–Trinajstić information content (AvgIpc) is 2.67. The Morgan fingerprint density at radius 3 is 2.79 bits per heavy atom. The van der Waals surface area contributed by atoms with Crippen LogP contribution in [0.15, 0.2) is 23.2 Å². The minimum Gasteiger partial charge on any atom is -0.484 e. The van der Waals surface area contributed by atoms with Crippen LogP contribution in [0, 0.1) is 12.8 Å². The zero-order chi connectivity index (χ0) is 20.6. The van der Waals surface area contributed by atoms with E-state index in [1.165, 1.54) is 12.8 Å². The fourth-order valence-electron chi connectivity index (χ4n) is 3.35. The summed E-state index contributed by atoms with van der Waals surface area (Å²) in [4.78, 5) is 6.67. The smallest absolute Gasteiger partial charge is 0.422 e. The maximum atomic E-state index is 12.5. The van der Waals surface area contributed by atoms with Crippen molar-refractivity contribution < 1.29 is 17.9 Å². The second-order valence-electron chi connectivity index (χ2n) is 7.22. The van der Waals surface area contributed by atoms with E-state index >= 15 is 0 Å². The van der Waals surface area contributed by atoms with Gasteiger partial charge in [-0.1, -0.05) is 19.1 Å². The summed E-state index contributed by atoms with van der Waals surface area (Å²) >= 11 is 0. The van der Waals surface area contributed by atoms with E-state index in [9.17, 15) is 13.2 Å². The first kappa shape index (κ1) is 22.3. The Balaban J connectivity index is 1.88. The Bertz CT molecular complexity index is 649. The van der Waals surface area contributed by atoms with Gasteiger partial charge in [0.1, 0.15) is 5.75 Å². The first-order valence-electron chi connectivity index (χ1n) is 9.76. The number of nitrogens with one attached hydrogen (secondary N) is 2. The molecule has 1 aromatic carbocycles. The van der Waals surface area contributed by atoms with Crippen LogP contribution in [-0.4, -0.2) is 56.9 Å². The second-order valence-corrected chi connectivity index (χ2v) is 7.22. The van der Waals surface area contributed by atoms with Gasteiger partial charge in [0.25, 0.3) is 0 Å². The standard InChI is InChI=1S/C20H31F3N4O/c1-4-27-9-5-6-16(13-27)11-25-19(24-3)26-12-17-8-7-15(2)10-18(17)28-14-20(21,22)23/h7-8,10,16H,4-6,9,11-14H2,1-3H3,(H2,24,25,26). The lowest BCUT2D eigenvalue weighted by Gasteiger charge is -2.32. The van der Waals surface area contributed by atoms with Crippen molar-refractivity contribution in [1.82, 2.24) is 15.5 Å². The fraction of sp³-hybridized carbons (Fsp3) is 0.650. The van der Waals surface area contributed by atoms with Gasteiger partial charge in [-0.2, -0.15) is 13.2 Å². The van der Waals surface area contributed by atoms with Crippen LogP contribution in [0.1, 0.15) is 30.9 Å². The van der Waals surface area contributed by atoms with Gasteiger partial charge in [-0.25, -0.2) is 0 Å². The third-order valence-electron chi connectivity index (χ3n) is 4.89. The maximum Gasteiger partial charge on any atom is 0.422 e. The average molecular weight is 400 g/mol. The van der Waals surface area contributed by atoms with Gasteiger partial charge in [-0.3, -0.25) is 4.99 Å². The van der Waals surface area contributed by atoms with Gasteiger partial charge < -0.3 is 20.3 Å². The molecule has 2 rings (SSSR count). The van der Waals surface area contributed by atoms with Gasteiger partial charge in [0.15, 0.2) is 12.6 Å². The molecule has 1 fully saturated rings. The molecule has 0 aromatic heterocycles. The summed E-state index contributed by atoms with van der Waals surface area (Å²) in [6, 6.07) is 5.26. The van der Waals surface area contributed by atoms with Crippen molar-refractivity contribution >= 4 is 5.96 Å². The molecule has 1 aromatic rings. The van der Waals surface area contributed by atoms with E-state index in [0.717, 1.165) is 31.7 Å². The van der Waals surface area contributed by atoms with E-state index in [1.54, 1.807) is 19.2 Å². The van der Waals surface area contributed by atoms with Crippen molar-refractivity contribution in [3.05, 3.63) is 29.3 Å². The summed E-state index contributed by atoms with van der Waals surface area (Å²) in [5.74, 6) is 1.44. The van der Waals surface area contributed by atoms with Crippen molar-refractivity contribution in [2.45, 2.75) is 39.4 Å². The Morgan fingerprint density at radius 1 is 1.32 bits per heavy atom. The topological polar surface area (TPSA) is 48.9 Å². The molecule has 0 aliphatic carbocycles. The number of guanidine groups is 1. The highest BCUT2D eigenvalue weighted by Crippen LogP contribution is 2.23. The van der Waals surface area contributed by atoms with Crippen LogP contribution in [0.4, 0.5) is 13.2 Å². The molecule has 0 saturated carbocycles. The molecule has 1 unspecified atom stereocenters. The second kappa shape index (κ2) is 10.5. The van der Waals surface area contributed by atoms with E-state index in [2.05, 4.69) is 27.4 Å². The molecule has 5 nitrogen and oxygen atoms in total. The van der Waals surface area contributed by atoms with Crippen LogP contribution in [0.25, 0.3) is 0 Å². The third-order valence-corrected chi connectivity index (χ3v) is 4.89. The summed E-state index contributed by atoms with van der Waals surface area (Å²) in [7, 11) is 1.69. The lowest BCUT2D eigenvalue weighted by molar-refractivity contribution is -0.153. The number of ether oxygens (including phenoxy) is 1. The minimum atomic E-state index is -4.36. The lowest BCUT2D eigenvalue weighted by Crippen LogP contribution is -2.44. The SMILES string of the molecule is CCN1CCCC(CNC(=NC)NCc2ccc(C)cc2OCC(F)(F)F)C1. The van der Waals surface area contributed by atoms with E-state index < -0.39 is 12.8 Å². The van der Waals surface area contributed by atoms with Crippen molar-refractivity contribution in [2.75, 3.05) is 39.8 Å². The van der Waals surface area contributed by atoms with Crippen LogP contribution in [-0.2, 0) is 6.54 Å². The first-order chi connectivity index (χ1) is 13.3. The number of piperidine rings is 1. The van der Waals surface area contributed by atoms with Crippen molar-refractivity contribution in [3.63, 3.8) is 0 Å². The van der Waals surface area contributed by atoms with Gasteiger partial charge in [0.2, 0.25) is 0 Å². The molecular formula is C20H31F3N4O. The largest absolute Gasteiger partial charge is 0.484 e. The van der Waals surface area contributed by atoms with Crippen LogP contribution in [0.2, 0.25) is 0 Å². The van der Waals surface area contributed by atoms with Gasteiger partial charge in [0.05, 0.1) is 0 Å². The Labute approximate surface area is 165 Å². The fourth-order valence-corrected chi connectivity index (χ4v) is 3.35. The molecule has 28 heavy (non-hydrogen) atoms. The van der Waals surface area contributed by atoms with E-state index in [0.29, 0.717) is 24.0 Å². The van der Waals surface area contributed by atoms with Gasteiger partial charge in [-0.05, 0) is 50.4 Å². The molecule has 1 saturated heterocycles. The molecule has 158 valence electrons. The van der Waals surface area contributed by atoms with Crippen LogP contribution in [0.3, 0.4) is 0 Å². The zero-order valence-corrected chi connectivity index (χ0v) is 16.9. The quantitative estimate of drug-likeness (QED) is 0.545. The molecule has 1 atom stereocenters. The first-order valence-corrected chi connectivity index (χ1v) is 9.76. The van der Waals surface area contributed by atoms with Crippen LogP contribution in [0.5, 0.6) is 5.75 Å². The number of hydrogen-bond donors (Lipinski definition) is 2. The molecule has 1 aliphatic heterocycles. The Hall–Kier alpha value is -1.96. The van der Waals surface area contributed by atoms with Gasteiger partial charge in [0, 0.05) is 32.2 Å². The third kappa shape index (κ3) is 7.58. The summed E-state index contributed by atoms with van der Waals surface area (Å²) in [5.41, 5.74) is 1.51. The predicted molar refractivity (Wildman–Crippen MR) is 106 cm³/mol. The van der Waals surface area contributed by atoms with Gasteiger partial charge >= 0.3 is 6.18 Å². The summed E-state index contributed by atoms with van der Waals surface area (Å²) in [6.07, 6.45) is -1.97. The number of aliphatic imine (C=N–C) groups is 1. The van der Waals surface area contributed by atoms with Crippen molar-refractivity contribution in [1.29, 1.82) is 0 Å². The molecule has 8 heteroatoms. The summed E-state index contributed by atoms with van der Waals surface area (Å²) < 4.78 is 42.5. The number of nitrogens with zero attached hydrogens (tertiary/aromatic N) is 2. The molecule has 2 N–H and O–H groups in total. The van der Waals surface area contributed by atoms with Gasteiger partial charge in [-0.15, -0.1) is 0 Å². The number of aryl methyl sites for hydroxylation is 1. The lowest BCUT2D eigenvalue weighted by atomic mass is 9.98. The molecule has 1 aliphatic rings. The molecule has 1 heterocycles. The number of halogens is 3. The summed E-state index contributed by atoms with van der Waals surface area (Å²) in [5, 5.41) is 6.50. The summed E-state index contributed by atoms with van der Waals surface area (Å²) in [6.45, 7) is 7.16. The van der Waals surface area contributed by atoms with E-state index in [4.69, 9.17) is 4.74 Å². The number of benzene rings is 1. The monoisotopic (exact) mass is 400 g/mol. The highest BCUT2D eigenvalue weighted by atomic mass is 19.4. The molecule has 0 spiro atoms. The molecule has 0 radical (unpaired) electrons. The van der Waals surface area contributed by atoms with E-state index in [-0.39, 0.29) is 5.75 Å². The zero-order valence-electron chi connectivity index (χ0n) is 16.9. The predicted octanol–water partition coefficient (Wildman–Crippen LogP) is 3.33. The normalized spacial score (nSPS) is 18.8. The highest BCUT2D eigenvalue weighted by Gasteiger charge is 2.28. The molecule has 0 bridgehead atoms. The van der Waals surface area contributed by atoms with Crippen LogP contribution >= 0.6 is 0 Å². The number of hydrogen-bond acceptors (Lipinski definition) is 3. The Kier molecular flexibility index (Phi) is 8.41. The molecular weight excluding hydrogens is 369 g/mol.